The molecule has 0 spiro atoms. The molecule has 0 aliphatic carbocycles. The second-order valence-electron chi connectivity index (χ2n) is 5.23. The van der Waals surface area contributed by atoms with Crippen LogP contribution in [0.1, 0.15) is 12.8 Å². The number of nitro benzene ring substituents is 1. The fraction of sp³-hybridized carbons (Fsp3) is 0.538. The molecule has 2 rings (SSSR count). The van der Waals surface area contributed by atoms with E-state index in [-0.39, 0.29) is 31.6 Å². The van der Waals surface area contributed by atoms with Crippen LogP contribution in [-0.2, 0) is 14.8 Å². The van der Waals surface area contributed by atoms with Crippen molar-refractivity contribution in [2.45, 2.75) is 29.9 Å². The van der Waals surface area contributed by atoms with E-state index in [9.17, 15) is 22.9 Å². The number of methoxy groups -OCH3 is 1. The quantitative estimate of drug-likeness (QED) is 0.604. The van der Waals surface area contributed by atoms with Gasteiger partial charge in [0.1, 0.15) is 0 Å². The molecular weight excluding hydrogens is 365 g/mol. The molecule has 24 heavy (non-hydrogen) atoms. The number of rotatable bonds is 5. The lowest BCUT2D eigenvalue weighted by Gasteiger charge is -2.37. The monoisotopic (exact) mass is 383 g/mol. The molecule has 136 valence electrons. The minimum atomic E-state index is -4.24. The SMILES string of the molecule is COC1CCN(S(=O)(=O)c2cccc(F)c2[N+](=O)[O-])C(CN)C1.Cl. The summed E-state index contributed by atoms with van der Waals surface area (Å²) in [6.07, 6.45) is 0.697. The average molecular weight is 384 g/mol. The molecule has 0 radical (unpaired) electrons. The third kappa shape index (κ3) is 3.83. The molecule has 1 aromatic carbocycles. The fourth-order valence-corrected chi connectivity index (χ4v) is 4.57. The molecule has 1 heterocycles. The molecule has 2 unspecified atom stereocenters. The van der Waals surface area contributed by atoms with Gasteiger partial charge in [-0.1, -0.05) is 6.07 Å². The van der Waals surface area contributed by atoms with E-state index < -0.39 is 37.4 Å². The van der Waals surface area contributed by atoms with Crippen LogP contribution in [0.4, 0.5) is 10.1 Å². The largest absolute Gasteiger partial charge is 0.381 e. The van der Waals surface area contributed by atoms with E-state index in [1.807, 2.05) is 0 Å². The van der Waals surface area contributed by atoms with Crippen LogP contribution in [0, 0.1) is 15.9 Å². The van der Waals surface area contributed by atoms with Crippen molar-refractivity contribution in [1.29, 1.82) is 0 Å². The lowest BCUT2D eigenvalue weighted by atomic mass is 10.0. The van der Waals surface area contributed by atoms with Crippen molar-refractivity contribution in [3.05, 3.63) is 34.1 Å². The predicted octanol–water partition coefficient (Wildman–Crippen LogP) is 1.28. The lowest BCUT2D eigenvalue weighted by molar-refractivity contribution is -0.390. The van der Waals surface area contributed by atoms with Crippen LogP contribution in [-0.4, -0.2) is 50.0 Å². The zero-order valence-corrected chi connectivity index (χ0v) is 14.6. The normalized spacial score (nSPS) is 22.0. The smallest absolute Gasteiger partial charge is 0.324 e. The number of sulfonamides is 1. The van der Waals surface area contributed by atoms with Gasteiger partial charge in [0.25, 0.3) is 0 Å². The second kappa shape index (κ2) is 8.17. The predicted molar refractivity (Wildman–Crippen MR) is 87.1 cm³/mol. The van der Waals surface area contributed by atoms with Crippen LogP contribution < -0.4 is 5.73 Å². The van der Waals surface area contributed by atoms with Gasteiger partial charge in [-0.25, -0.2) is 8.42 Å². The van der Waals surface area contributed by atoms with E-state index in [0.717, 1.165) is 22.5 Å². The first-order chi connectivity index (χ1) is 10.8. The van der Waals surface area contributed by atoms with Crippen LogP contribution in [0.2, 0.25) is 0 Å². The van der Waals surface area contributed by atoms with Crippen LogP contribution in [0.3, 0.4) is 0 Å². The van der Waals surface area contributed by atoms with Gasteiger partial charge in [0.15, 0.2) is 4.90 Å². The Morgan fingerprint density at radius 1 is 1.50 bits per heavy atom. The maximum Gasteiger partial charge on any atom is 0.324 e. The Morgan fingerprint density at radius 3 is 2.71 bits per heavy atom. The molecule has 2 atom stereocenters. The summed E-state index contributed by atoms with van der Waals surface area (Å²) in [6, 6.07) is 2.47. The number of ether oxygens (including phenoxy) is 1. The summed E-state index contributed by atoms with van der Waals surface area (Å²) < 4.78 is 45.6. The summed E-state index contributed by atoms with van der Waals surface area (Å²) in [4.78, 5) is 9.38. The fourth-order valence-electron chi connectivity index (χ4n) is 2.74. The van der Waals surface area contributed by atoms with E-state index in [4.69, 9.17) is 10.5 Å². The van der Waals surface area contributed by atoms with E-state index in [2.05, 4.69) is 0 Å². The molecule has 2 N–H and O–H groups in total. The second-order valence-corrected chi connectivity index (χ2v) is 7.09. The van der Waals surface area contributed by atoms with Gasteiger partial charge in [-0.05, 0) is 25.0 Å². The molecular formula is C13H19ClFN3O5S. The summed E-state index contributed by atoms with van der Waals surface area (Å²) in [5.41, 5.74) is 4.60. The van der Waals surface area contributed by atoms with E-state index in [0.29, 0.717) is 12.8 Å². The minimum Gasteiger partial charge on any atom is -0.381 e. The van der Waals surface area contributed by atoms with Crippen molar-refractivity contribution >= 4 is 28.1 Å². The number of nitro groups is 1. The Kier molecular flexibility index (Phi) is 7.05. The van der Waals surface area contributed by atoms with Gasteiger partial charge in [-0.3, -0.25) is 10.1 Å². The zero-order valence-electron chi connectivity index (χ0n) is 12.9. The first kappa shape index (κ1) is 20.7. The summed E-state index contributed by atoms with van der Waals surface area (Å²) in [7, 11) is -2.71. The summed E-state index contributed by atoms with van der Waals surface area (Å²) in [5, 5.41) is 11.1. The van der Waals surface area contributed by atoms with Crippen molar-refractivity contribution < 1.29 is 22.5 Å². The molecule has 1 aliphatic rings. The van der Waals surface area contributed by atoms with E-state index in [1.54, 1.807) is 0 Å². The van der Waals surface area contributed by atoms with Crippen molar-refractivity contribution in [3.8, 4) is 0 Å². The molecule has 11 heteroatoms. The highest BCUT2D eigenvalue weighted by Crippen LogP contribution is 2.32. The molecule has 1 fully saturated rings. The summed E-state index contributed by atoms with van der Waals surface area (Å²) in [5.74, 6) is -1.19. The molecule has 8 nitrogen and oxygen atoms in total. The molecule has 0 amide bonds. The van der Waals surface area contributed by atoms with Gasteiger partial charge in [-0.15, -0.1) is 12.4 Å². The van der Waals surface area contributed by atoms with Crippen LogP contribution in [0.5, 0.6) is 0 Å². The minimum absolute atomic E-state index is 0. The third-order valence-corrected chi connectivity index (χ3v) is 5.92. The molecule has 0 aromatic heterocycles. The van der Waals surface area contributed by atoms with Crippen molar-refractivity contribution in [1.82, 2.24) is 4.31 Å². The van der Waals surface area contributed by atoms with Gasteiger partial charge in [-0.2, -0.15) is 8.70 Å². The Hall–Kier alpha value is -1.33. The number of benzene rings is 1. The van der Waals surface area contributed by atoms with Crippen molar-refractivity contribution in [2.75, 3.05) is 20.2 Å². The Morgan fingerprint density at radius 2 is 2.17 bits per heavy atom. The Balaban J connectivity index is 0.00000288. The molecule has 0 saturated carbocycles. The number of nitrogens with two attached hydrogens (primary N) is 1. The number of para-hydroxylation sites is 1. The summed E-state index contributed by atoms with van der Waals surface area (Å²) in [6.45, 7) is 0.151. The molecule has 1 aliphatic heterocycles. The van der Waals surface area contributed by atoms with Gasteiger partial charge >= 0.3 is 5.69 Å². The Bertz CT molecular complexity index is 703. The first-order valence-electron chi connectivity index (χ1n) is 7.00. The van der Waals surface area contributed by atoms with Crippen LogP contribution in [0.25, 0.3) is 0 Å². The maximum atomic E-state index is 13.7. The molecule has 0 bridgehead atoms. The van der Waals surface area contributed by atoms with Gasteiger partial charge in [0, 0.05) is 26.2 Å². The highest BCUT2D eigenvalue weighted by atomic mass is 35.5. The van der Waals surface area contributed by atoms with Gasteiger partial charge < -0.3 is 10.5 Å². The number of halogens is 2. The number of piperidine rings is 1. The van der Waals surface area contributed by atoms with Crippen molar-refractivity contribution in [2.24, 2.45) is 5.73 Å². The first-order valence-corrected chi connectivity index (χ1v) is 8.44. The topological polar surface area (TPSA) is 116 Å². The van der Waals surface area contributed by atoms with Crippen LogP contribution in [0.15, 0.2) is 23.1 Å². The summed E-state index contributed by atoms with van der Waals surface area (Å²) >= 11 is 0. The zero-order chi connectivity index (χ0) is 17.2. The Labute approximate surface area is 145 Å². The number of nitrogens with zero attached hydrogens (tertiary/aromatic N) is 2. The lowest BCUT2D eigenvalue weighted by Crippen LogP contribution is -2.51. The van der Waals surface area contributed by atoms with Crippen molar-refractivity contribution in [3.63, 3.8) is 0 Å². The van der Waals surface area contributed by atoms with Gasteiger partial charge in [0.05, 0.1) is 11.0 Å². The van der Waals surface area contributed by atoms with E-state index in [1.165, 1.54) is 7.11 Å². The third-order valence-electron chi connectivity index (χ3n) is 3.94. The van der Waals surface area contributed by atoms with E-state index >= 15 is 0 Å². The number of hydrogen-bond donors (Lipinski definition) is 1. The molecule has 1 saturated heterocycles. The van der Waals surface area contributed by atoms with Crippen LogP contribution >= 0.6 is 12.4 Å². The number of hydrogen-bond acceptors (Lipinski definition) is 6. The average Bonchev–Trinajstić information content (AvgIpc) is 2.53. The standard InChI is InChI=1S/C13H18FN3O5S.ClH/c1-22-10-5-6-16(9(7-10)8-15)23(20,21)12-4-2-3-11(14)13(12)17(18)19;/h2-4,9-10H,5-8,15H2,1H3;1H. The molecule has 1 aromatic rings. The highest BCUT2D eigenvalue weighted by Gasteiger charge is 2.40. The maximum absolute atomic E-state index is 13.7. The highest BCUT2D eigenvalue weighted by molar-refractivity contribution is 7.89. The van der Waals surface area contributed by atoms with Gasteiger partial charge in [0.2, 0.25) is 15.8 Å².